The van der Waals surface area contributed by atoms with E-state index in [1.54, 1.807) is 11.9 Å². The molecule has 3 rings (SSSR count). The highest BCUT2D eigenvalue weighted by atomic mass is 19.2. The maximum absolute atomic E-state index is 14.1. The maximum atomic E-state index is 14.1. The fourth-order valence-corrected chi connectivity index (χ4v) is 3.44. The second-order valence-electron chi connectivity index (χ2n) is 7.67. The zero-order chi connectivity index (χ0) is 22.4. The third kappa shape index (κ3) is 6.01. The standard InChI is InChI=1S/C23H27F2N3O3/c1-16-6-8-18(9-7-16)31-13-12-27(2)21(29)14-20-23(30)26-10-11-28(20)15-17-4-3-5-19(24)22(17)25/h3-9,20H,10-15H2,1-2H3,(H,26,30). The third-order valence-electron chi connectivity index (χ3n) is 5.36. The molecular formula is C23H27F2N3O3. The number of halogens is 2. The van der Waals surface area contributed by atoms with Crippen molar-refractivity contribution in [1.29, 1.82) is 0 Å². The molecule has 2 aromatic rings. The van der Waals surface area contributed by atoms with Gasteiger partial charge in [0.25, 0.3) is 0 Å². The number of rotatable bonds is 8. The van der Waals surface area contributed by atoms with Gasteiger partial charge in [0.05, 0.1) is 19.0 Å². The summed E-state index contributed by atoms with van der Waals surface area (Å²) in [4.78, 5) is 28.3. The summed E-state index contributed by atoms with van der Waals surface area (Å²) in [6, 6.07) is 10.8. The van der Waals surface area contributed by atoms with Gasteiger partial charge >= 0.3 is 0 Å². The molecule has 1 N–H and O–H groups in total. The van der Waals surface area contributed by atoms with Gasteiger partial charge in [-0.05, 0) is 25.1 Å². The molecule has 0 saturated carbocycles. The molecule has 6 nitrogen and oxygen atoms in total. The van der Waals surface area contributed by atoms with Crippen molar-refractivity contribution < 1.29 is 23.1 Å². The Hall–Kier alpha value is -3.00. The van der Waals surface area contributed by atoms with Crippen molar-refractivity contribution in [2.45, 2.75) is 25.9 Å². The van der Waals surface area contributed by atoms with E-state index in [0.717, 1.165) is 17.4 Å². The summed E-state index contributed by atoms with van der Waals surface area (Å²) in [6.07, 6.45) is -0.0518. The first kappa shape index (κ1) is 22.7. The molecule has 0 aliphatic carbocycles. The van der Waals surface area contributed by atoms with Gasteiger partial charge in [-0.25, -0.2) is 8.78 Å². The van der Waals surface area contributed by atoms with Crippen LogP contribution in [0.2, 0.25) is 0 Å². The summed E-state index contributed by atoms with van der Waals surface area (Å²) >= 11 is 0. The lowest BCUT2D eigenvalue weighted by Gasteiger charge is -2.35. The first-order valence-corrected chi connectivity index (χ1v) is 10.2. The molecule has 8 heteroatoms. The molecule has 1 unspecified atom stereocenters. The molecule has 0 bridgehead atoms. The van der Waals surface area contributed by atoms with Gasteiger partial charge in [-0.2, -0.15) is 0 Å². The number of nitrogens with zero attached hydrogens (tertiary/aromatic N) is 2. The molecule has 1 fully saturated rings. The van der Waals surface area contributed by atoms with E-state index in [9.17, 15) is 18.4 Å². The van der Waals surface area contributed by atoms with Crippen molar-refractivity contribution >= 4 is 11.8 Å². The van der Waals surface area contributed by atoms with Crippen LogP contribution >= 0.6 is 0 Å². The summed E-state index contributed by atoms with van der Waals surface area (Å²) in [7, 11) is 1.65. The molecule has 0 aromatic heterocycles. The summed E-state index contributed by atoms with van der Waals surface area (Å²) in [5.74, 6) is -1.65. The Morgan fingerprint density at radius 1 is 1.23 bits per heavy atom. The number of hydrogen-bond donors (Lipinski definition) is 1. The van der Waals surface area contributed by atoms with E-state index >= 15 is 0 Å². The highest BCUT2D eigenvalue weighted by molar-refractivity contribution is 5.88. The second kappa shape index (κ2) is 10.3. The fraction of sp³-hybridized carbons (Fsp3) is 0.391. The lowest BCUT2D eigenvalue weighted by atomic mass is 10.1. The topological polar surface area (TPSA) is 61.9 Å². The van der Waals surface area contributed by atoms with Crippen LogP contribution in [0.15, 0.2) is 42.5 Å². The monoisotopic (exact) mass is 431 g/mol. The van der Waals surface area contributed by atoms with Gasteiger partial charge in [0.1, 0.15) is 12.4 Å². The summed E-state index contributed by atoms with van der Waals surface area (Å²) in [6.45, 7) is 3.55. The van der Waals surface area contributed by atoms with Gasteiger partial charge in [-0.15, -0.1) is 0 Å². The summed E-state index contributed by atoms with van der Waals surface area (Å²) in [5.41, 5.74) is 1.29. The van der Waals surface area contributed by atoms with Gasteiger partial charge in [-0.3, -0.25) is 14.5 Å². The molecule has 1 saturated heterocycles. The molecule has 2 aromatic carbocycles. The van der Waals surface area contributed by atoms with E-state index in [4.69, 9.17) is 4.74 Å². The van der Waals surface area contributed by atoms with Crippen LogP contribution in [0.25, 0.3) is 0 Å². The number of nitrogens with one attached hydrogen (secondary N) is 1. The Morgan fingerprint density at radius 3 is 2.71 bits per heavy atom. The van der Waals surface area contributed by atoms with Gasteiger partial charge in [0, 0.05) is 32.2 Å². The molecule has 2 amide bonds. The first-order chi connectivity index (χ1) is 14.8. The van der Waals surface area contributed by atoms with Crippen molar-refractivity contribution in [3.8, 4) is 5.75 Å². The van der Waals surface area contributed by atoms with Crippen LogP contribution in [0.4, 0.5) is 8.78 Å². The minimum Gasteiger partial charge on any atom is -0.492 e. The van der Waals surface area contributed by atoms with Gasteiger partial charge in [0.15, 0.2) is 11.6 Å². The Kier molecular flexibility index (Phi) is 7.57. The average Bonchev–Trinajstić information content (AvgIpc) is 2.75. The number of benzene rings is 2. The SMILES string of the molecule is Cc1ccc(OCCN(C)C(=O)CC2C(=O)NCCN2Cc2cccc(F)c2F)cc1. The highest BCUT2D eigenvalue weighted by Crippen LogP contribution is 2.18. The number of aryl methyl sites for hydroxylation is 1. The average molecular weight is 431 g/mol. The third-order valence-corrected chi connectivity index (χ3v) is 5.36. The molecule has 1 heterocycles. The zero-order valence-corrected chi connectivity index (χ0v) is 17.7. The molecule has 166 valence electrons. The number of amides is 2. The van der Waals surface area contributed by atoms with Gasteiger partial charge in [-0.1, -0.05) is 29.8 Å². The molecule has 1 aliphatic rings. The normalized spacial score (nSPS) is 16.6. The van der Waals surface area contributed by atoms with Crippen molar-refractivity contribution in [1.82, 2.24) is 15.1 Å². The zero-order valence-electron chi connectivity index (χ0n) is 17.7. The van der Waals surface area contributed by atoms with E-state index in [1.165, 1.54) is 17.0 Å². The summed E-state index contributed by atoms with van der Waals surface area (Å²) < 4.78 is 33.3. The van der Waals surface area contributed by atoms with E-state index in [-0.39, 0.29) is 30.3 Å². The minimum atomic E-state index is -0.931. The molecule has 0 spiro atoms. The summed E-state index contributed by atoms with van der Waals surface area (Å²) in [5, 5.41) is 2.74. The molecular weight excluding hydrogens is 404 g/mol. The van der Waals surface area contributed by atoms with Crippen LogP contribution < -0.4 is 10.1 Å². The highest BCUT2D eigenvalue weighted by Gasteiger charge is 2.33. The van der Waals surface area contributed by atoms with Crippen molar-refractivity contribution in [3.05, 3.63) is 65.2 Å². The van der Waals surface area contributed by atoms with Crippen LogP contribution in [0, 0.1) is 18.6 Å². The van der Waals surface area contributed by atoms with E-state index in [0.29, 0.717) is 26.2 Å². The number of piperazine rings is 1. The van der Waals surface area contributed by atoms with Crippen LogP contribution in [0.1, 0.15) is 17.5 Å². The van der Waals surface area contributed by atoms with Crippen molar-refractivity contribution in [3.63, 3.8) is 0 Å². The van der Waals surface area contributed by atoms with Crippen LogP contribution in [0.3, 0.4) is 0 Å². The van der Waals surface area contributed by atoms with Crippen LogP contribution in [-0.4, -0.2) is 60.9 Å². The molecule has 1 aliphatic heterocycles. The Labute approximate surface area is 180 Å². The smallest absolute Gasteiger partial charge is 0.237 e. The molecule has 0 radical (unpaired) electrons. The van der Waals surface area contributed by atoms with Gasteiger partial charge in [0.2, 0.25) is 11.8 Å². The van der Waals surface area contributed by atoms with Gasteiger partial charge < -0.3 is 15.0 Å². The van der Waals surface area contributed by atoms with Crippen molar-refractivity contribution in [2.75, 3.05) is 33.3 Å². The second-order valence-corrected chi connectivity index (χ2v) is 7.67. The lowest BCUT2D eigenvalue weighted by Crippen LogP contribution is -2.56. The van der Waals surface area contributed by atoms with E-state index in [2.05, 4.69) is 5.32 Å². The predicted molar refractivity (Wildman–Crippen MR) is 112 cm³/mol. The maximum Gasteiger partial charge on any atom is 0.237 e. The number of ether oxygens (including phenoxy) is 1. The molecule has 1 atom stereocenters. The van der Waals surface area contributed by atoms with Crippen LogP contribution in [-0.2, 0) is 16.1 Å². The van der Waals surface area contributed by atoms with E-state index in [1.807, 2.05) is 31.2 Å². The quantitative estimate of drug-likeness (QED) is 0.698. The number of carbonyl (C=O) groups is 2. The predicted octanol–water partition coefficient (Wildman–Crippen LogP) is 2.50. The Morgan fingerprint density at radius 2 is 1.97 bits per heavy atom. The number of carbonyl (C=O) groups excluding carboxylic acids is 2. The Balaban J connectivity index is 1.56. The van der Waals surface area contributed by atoms with E-state index < -0.39 is 17.7 Å². The molecule has 31 heavy (non-hydrogen) atoms. The fourth-order valence-electron chi connectivity index (χ4n) is 3.44. The van der Waals surface area contributed by atoms with Crippen LogP contribution in [0.5, 0.6) is 5.75 Å². The lowest BCUT2D eigenvalue weighted by molar-refractivity contribution is -0.138. The largest absolute Gasteiger partial charge is 0.492 e. The first-order valence-electron chi connectivity index (χ1n) is 10.2. The number of hydrogen-bond acceptors (Lipinski definition) is 4. The van der Waals surface area contributed by atoms with Crippen molar-refractivity contribution in [2.24, 2.45) is 0 Å². The Bertz CT molecular complexity index is 921. The number of likely N-dealkylation sites (N-methyl/N-ethyl adjacent to an activating group) is 1. The minimum absolute atomic E-state index is 0.0508.